The molecule has 0 aromatic rings. The molecule has 1 aliphatic heterocycles. The average Bonchev–Trinajstić information content (AvgIpc) is 2.52. The summed E-state index contributed by atoms with van der Waals surface area (Å²) in [6, 6.07) is 1.97. The Morgan fingerprint density at radius 1 is 1.69 bits per heavy atom. The highest BCUT2D eigenvalue weighted by molar-refractivity contribution is 5.79. The van der Waals surface area contributed by atoms with Crippen molar-refractivity contribution in [2.45, 2.75) is 19.3 Å². The van der Waals surface area contributed by atoms with E-state index in [1.54, 1.807) is 0 Å². The van der Waals surface area contributed by atoms with Crippen molar-refractivity contribution < 1.29 is 13.6 Å². The Hall–Kier alpha value is -1.18. The fraction of sp³-hybridized carbons (Fsp3) is 0.750. The molecule has 1 amide bonds. The number of nitrogens with zero attached hydrogens (tertiary/aromatic N) is 2. The first-order valence-electron chi connectivity index (χ1n) is 4.09. The van der Waals surface area contributed by atoms with E-state index < -0.39 is 12.3 Å². The number of hydrogen-bond acceptors (Lipinski definition) is 2. The van der Waals surface area contributed by atoms with Crippen LogP contribution in [-0.4, -0.2) is 30.3 Å². The van der Waals surface area contributed by atoms with E-state index in [-0.39, 0.29) is 5.92 Å². The molecule has 0 N–H and O–H groups in total. The second-order valence-electron chi connectivity index (χ2n) is 3.10. The van der Waals surface area contributed by atoms with Crippen LogP contribution in [0, 0.1) is 17.2 Å². The van der Waals surface area contributed by atoms with E-state index in [4.69, 9.17) is 5.26 Å². The highest BCUT2D eigenvalue weighted by Crippen LogP contribution is 2.20. The van der Waals surface area contributed by atoms with Crippen LogP contribution in [0.2, 0.25) is 0 Å². The summed E-state index contributed by atoms with van der Waals surface area (Å²) in [4.78, 5) is 11.9. The van der Waals surface area contributed by atoms with E-state index in [2.05, 4.69) is 0 Å². The van der Waals surface area contributed by atoms with Gasteiger partial charge in [-0.15, -0.1) is 0 Å². The minimum absolute atomic E-state index is 0.0766. The van der Waals surface area contributed by atoms with Gasteiger partial charge in [0.1, 0.15) is 0 Å². The van der Waals surface area contributed by atoms with E-state index in [0.29, 0.717) is 25.9 Å². The first-order valence-corrected chi connectivity index (χ1v) is 4.09. The van der Waals surface area contributed by atoms with Crippen LogP contribution >= 0.6 is 0 Å². The molecule has 0 aliphatic carbocycles. The topological polar surface area (TPSA) is 44.1 Å². The Labute approximate surface area is 74.9 Å². The van der Waals surface area contributed by atoms with E-state index in [9.17, 15) is 13.6 Å². The summed E-state index contributed by atoms with van der Waals surface area (Å²) in [5.41, 5.74) is 0. The molecule has 72 valence electrons. The van der Waals surface area contributed by atoms with Crippen LogP contribution in [0.3, 0.4) is 0 Å². The van der Waals surface area contributed by atoms with Gasteiger partial charge in [0.25, 0.3) is 5.91 Å². The molecular weight excluding hydrogens is 178 g/mol. The number of nitriles is 1. The Kier molecular flexibility index (Phi) is 3.18. The van der Waals surface area contributed by atoms with Crippen molar-refractivity contribution in [2.24, 2.45) is 5.92 Å². The molecule has 1 aliphatic rings. The van der Waals surface area contributed by atoms with Gasteiger partial charge >= 0.3 is 6.43 Å². The van der Waals surface area contributed by atoms with E-state index >= 15 is 0 Å². The van der Waals surface area contributed by atoms with Crippen LogP contribution in [0.1, 0.15) is 12.8 Å². The Morgan fingerprint density at radius 2 is 2.38 bits per heavy atom. The van der Waals surface area contributed by atoms with Gasteiger partial charge in [0.05, 0.1) is 6.07 Å². The monoisotopic (exact) mass is 188 g/mol. The summed E-state index contributed by atoms with van der Waals surface area (Å²) in [7, 11) is 0. The van der Waals surface area contributed by atoms with Crippen LogP contribution in [0.4, 0.5) is 8.78 Å². The summed E-state index contributed by atoms with van der Waals surface area (Å²) < 4.78 is 23.9. The van der Waals surface area contributed by atoms with E-state index in [1.165, 1.54) is 0 Å². The predicted molar refractivity (Wildman–Crippen MR) is 40.9 cm³/mol. The molecule has 1 heterocycles. The summed E-state index contributed by atoms with van der Waals surface area (Å²) >= 11 is 0. The molecule has 3 nitrogen and oxygen atoms in total. The molecule has 5 heteroatoms. The fourth-order valence-electron chi connectivity index (χ4n) is 1.47. The van der Waals surface area contributed by atoms with Gasteiger partial charge in [-0.1, -0.05) is 0 Å². The van der Waals surface area contributed by atoms with Crippen molar-refractivity contribution in [1.82, 2.24) is 4.90 Å². The van der Waals surface area contributed by atoms with Crippen LogP contribution in [0.25, 0.3) is 0 Å². The van der Waals surface area contributed by atoms with E-state index in [0.717, 1.165) is 4.90 Å². The van der Waals surface area contributed by atoms with Gasteiger partial charge in [0, 0.05) is 19.5 Å². The number of hydrogen-bond donors (Lipinski definition) is 0. The number of halogens is 2. The van der Waals surface area contributed by atoms with Crippen LogP contribution in [0.5, 0.6) is 0 Å². The summed E-state index contributed by atoms with van der Waals surface area (Å²) in [5.74, 6) is -1.03. The summed E-state index contributed by atoms with van der Waals surface area (Å²) in [6.07, 6.45) is -1.92. The molecule has 1 atom stereocenters. The van der Waals surface area contributed by atoms with Crippen LogP contribution < -0.4 is 0 Å². The van der Waals surface area contributed by atoms with Crippen LogP contribution in [0.15, 0.2) is 0 Å². The number of carbonyl (C=O) groups is 1. The number of carbonyl (C=O) groups excluding carboxylic acids is 1. The highest BCUT2D eigenvalue weighted by Gasteiger charge is 2.30. The van der Waals surface area contributed by atoms with E-state index in [1.807, 2.05) is 6.07 Å². The molecule has 1 fully saturated rings. The highest BCUT2D eigenvalue weighted by atomic mass is 19.3. The van der Waals surface area contributed by atoms with Crippen molar-refractivity contribution in [3.8, 4) is 6.07 Å². The fourth-order valence-corrected chi connectivity index (χ4v) is 1.47. The maximum atomic E-state index is 11.9. The van der Waals surface area contributed by atoms with Gasteiger partial charge < -0.3 is 4.90 Å². The Morgan fingerprint density at radius 3 is 2.92 bits per heavy atom. The zero-order valence-electron chi connectivity index (χ0n) is 7.04. The van der Waals surface area contributed by atoms with Crippen LogP contribution in [-0.2, 0) is 4.79 Å². The van der Waals surface area contributed by atoms with Crippen molar-refractivity contribution >= 4 is 5.91 Å². The first-order chi connectivity index (χ1) is 6.15. The molecule has 1 saturated heterocycles. The minimum Gasteiger partial charge on any atom is -0.337 e. The molecule has 0 spiro atoms. The largest absolute Gasteiger partial charge is 0.337 e. The molecule has 0 aromatic carbocycles. The molecule has 1 unspecified atom stereocenters. The lowest BCUT2D eigenvalue weighted by Crippen LogP contribution is -2.33. The van der Waals surface area contributed by atoms with Crippen molar-refractivity contribution in [1.29, 1.82) is 5.26 Å². The third-order valence-electron chi connectivity index (χ3n) is 2.16. The normalized spacial score (nSPS) is 22.0. The Bertz CT molecular complexity index is 237. The lowest BCUT2D eigenvalue weighted by Gasteiger charge is -2.14. The number of amides is 1. The SMILES string of the molecule is N#CCC1CCN(C(=O)C(F)F)C1. The summed E-state index contributed by atoms with van der Waals surface area (Å²) in [5, 5.41) is 8.36. The lowest BCUT2D eigenvalue weighted by molar-refractivity contribution is -0.141. The number of likely N-dealkylation sites (tertiary alicyclic amines) is 1. The number of rotatable bonds is 2. The second-order valence-corrected chi connectivity index (χ2v) is 3.10. The molecule has 0 aromatic heterocycles. The molecule has 0 radical (unpaired) electrons. The van der Waals surface area contributed by atoms with Gasteiger partial charge in [-0.05, 0) is 12.3 Å². The van der Waals surface area contributed by atoms with Gasteiger partial charge in [-0.3, -0.25) is 4.79 Å². The van der Waals surface area contributed by atoms with Gasteiger partial charge in [0.15, 0.2) is 0 Å². The first kappa shape index (κ1) is 9.90. The predicted octanol–water partition coefficient (Wildman–Crippen LogP) is 1.01. The van der Waals surface area contributed by atoms with Crippen molar-refractivity contribution in [3.05, 3.63) is 0 Å². The second kappa shape index (κ2) is 4.17. The van der Waals surface area contributed by atoms with Crippen molar-refractivity contribution in [2.75, 3.05) is 13.1 Å². The molecule has 13 heavy (non-hydrogen) atoms. The standard InChI is InChI=1S/C8H10F2N2O/c9-7(10)8(13)12-4-2-6(5-12)1-3-11/h6-7H,1-2,4-5H2. The molecule has 0 bridgehead atoms. The van der Waals surface area contributed by atoms with Gasteiger partial charge in [-0.25, -0.2) is 0 Å². The maximum Gasteiger partial charge on any atom is 0.315 e. The average molecular weight is 188 g/mol. The quantitative estimate of drug-likeness (QED) is 0.649. The molecule has 0 saturated carbocycles. The molecular formula is C8H10F2N2O. The van der Waals surface area contributed by atoms with Crippen molar-refractivity contribution in [3.63, 3.8) is 0 Å². The lowest BCUT2D eigenvalue weighted by atomic mass is 10.1. The molecule has 1 rings (SSSR count). The summed E-state index contributed by atoms with van der Waals surface area (Å²) in [6.45, 7) is 0.659. The third-order valence-corrected chi connectivity index (χ3v) is 2.16. The number of alkyl halides is 2. The third kappa shape index (κ3) is 2.38. The smallest absolute Gasteiger partial charge is 0.315 e. The minimum atomic E-state index is -2.92. The van der Waals surface area contributed by atoms with Gasteiger partial charge in [0.2, 0.25) is 0 Å². The van der Waals surface area contributed by atoms with Gasteiger partial charge in [-0.2, -0.15) is 14.0 Å². The Balaban J connectivity index is 2.41. The maximum absolute atomic E-state index is 11.9. The zero-order valence-corrected chi connectivity index (χ0v) is 7.04. The zero-order chi connectivity index (χ0) is 9.84.